The van der Waals surface area contributed by atoms with Gasteiger partial charge < -0.3 is 4.57 Å². The number of nitrogens with one attached hydrogen (secondary N) is 1. The summed E-state index contributed by atoms with van der Waals surface area (Å²) >= 11 is 0. The summed E-state index contributed by atoms with van der Waals surface area (Å²) in [5.74, 6) is 3.16. The second-order valence-corrected chi connectivity index (χ2v) is 10.4. The largest absolute Gasteiger partial charge is 0.310 e. The number of aryl methyl sites for hydroxylation is 1. The highest BCUT2D eigenvalue weighted by molar-refractivity contribution is 5.57. The summed E-state index contributed by atoms with van der Waals surface area (Å²) < 4.78 is 4.31. The Morgan fingerprint density at radius 1 is 1.03 bits per heavy atom. The molecule has 3 aromatic heterocycles. The van der Waals surface area contributed by atoms with Crippen LogP contribution in [0.3, 0.4) is 0 Å². The van der Waals surface area contributed by atoms with E-state index in [4.69, 9.17) is 10.1 Å². The molecule has 0 unspecified atom stereocenters. The molecule has 0 aliphatic carbocycles. The minimum Gasteiger partial charge on any atom is -0.310 e. The van der Waals surface area contributed by atoms with Crippen LogP contribution in [0.25, 0.3) is 17.2 Å². The Hall–Kier alpha value is -3.29. The van der Waals surface area contributed by atoms with Gasteiger partial charge in [0, 0.05) is 29.6 Å². The van der Waals surface area contributed by atoms with Gasteiger partial charge in [0.25, 0.3) is 0 Å². The number of H-pyrrole nitrogens is 1. The van der Waals surface area contributed by atoms with Crippen molar-refractivity contribution in [3.05, 3.63) is 59.3 Å². The first-order chi connectivity index (χ1) is 16.3. The maximum atomic E-state index is 4.85. The molecule has 0 radical (unpaired) electrons. The molecule has 180 valence electrons. The van der Waals surface area contributed by atoms with Gasteiger partial charge in [0.1, 0.15) is 5.82 Å². The molecule has 4 rings (SSSR count). The lowest BCUT2D eigenvalue weighted by molar-refractivity contribution is 0.557. The molecule has 0 spiro atoms. The zero-order chi connectivity index (χ0) is 24.3. The SMILES string of the molecule is CCCCc1nc(CC(C)C)nn1Cc1ccc(-n2c(-c3nn[nH]n3)ccc2C(C)(C)C)cc1. The highest BCUT2D eigenvalue weighted by Crippen LogP contribution is 2.31. The van der Waals surface area contributed by atoms with Crippen LogP contribution < -0.4 is 0 Å². The Balaban J connectivity index is 1.64. The fourth-order valence-corrected chi connectivity index (χ4v) is 4.19. The number of aromatic nitrogens is 8. The summed E-state index contributed by atoms with van der Waals surface area (Å²) in [6, 6.07) is 12.9. The van der Waals surface area contributed by atoms with E-state index >= 15 is 0 Å². The van der Waals surface area contributed by atoms with Crippen LogP contribution in [0.15, 0.2) is 36.4 Å². The third kappa shape index (κ3) is 5.26. The van der Waals surface area contributed by atoms with E-state index < -0.39 is 0 Å². The zero-order valence-corrected chi connectivity index (χ0v) is 21.2. The fourth-order valence-electron chi connectivity index (χ4n) is 4.19. The van der Waals surface area contributed by atoms with Crippen molar-refractivity contribution in [2.45, 2.75) is 79.2 Å². The van der Waals surface area contributed by atoms with Gasteiger partial charge in [-0.3, -0.25) is 0 Å². The third-order valence-electron chi connectivity index (χ3n) is 5.89. The number of hydrogen-bond acceptors (Lipinski definition) is 5. The van der Waals surface area contributed by atoms with Gasteiger partial charge in [-0.15, -0.1) is 10.2 Å². The quantitative estimate of drug-likeness (QED) is 0.374. The van der Waals surface area contributed by atoms with Gasteiger partial charge in [-0.2, -0.15) is 10.3 Å². The second-order valence-electron chi connectivity index (χ2n) is 10.4. The number of rotatable bonds is 9. The van der Waals surface area contributed by atoms with Gasteiger partial charge in [0.05, 0.1) is 12.2 Å². The van der Waals surface area contributed by atoms with Gasteiger partial charge in [-0.1, -0.05) is 60.1 Å². The standard InChI is InChI=1S/C26H36N8/c1-7-8-9-24-27-23(16-18(2)3)30-33(24)17-19-10-12-20(13-11-19)34-21(25-28-31-32-29-25)14-15-22(34)26(4,5)6/h10-15,18H,7-9,16-17H2,1-6H3,(H,28,29,31,32). The Kier molecular flexibility index (Phi) is 6.95. The van der Waals surface area contributed by atoms with Crippen LogP contribution in [0.5, 0.6) is 0 Å². The first-order valence-corrected chi connectivity index (χ1v) is 12.2. The van der Waals surface area contributed by atoms with Crippen molar-refractivity contribution in [3.8, 4) is 17.2 Å². The zero-order valence-electron chi connectivity index (χ0n) is 21.2. The molecule has 0 saturated carbocycles. The number of benzene rings is 1. The summed E-state index contributed by atoms with van der Waals surface area (Å²) in [6.45, 7) is 14.0. The van der Waals surface area contributed by atoms with Crippen molar-refractivity contribution in [1.29, 1.82) is 0 Å². The predicted molar refractivity (Wildman–Crippen MR) is 134 cm³/mol. The molecule has 0 bridgehead atoms. The Morgan fingerprint density at radius 3 is 2.41 bits per heavy atom. The molecule has 0 atom stereocenters. The van der Waals surface area contributed by atoms with E-state index in [-0.39, 0.29) is 5.41 Å². The molecule has 1 aromatic carbocycles. The van der Waals surface area contributed by atoms with E-state index in [1.165, 1.54) is 11.3 Å². The lowest BCUT2D eigenvalue weighted by atomic mass is 9.92. The van der Waals surface area contributed by atoms with Crippen molar-refractivity contribution in [2.75, 3.05) is 0 Å². The summed E-state index contributed by atoms with van der Waals surface area (Å²) in [5.41, 5.74) is 4.35. The van der Waals surface area contributed by atoms with Gasteiger partial charge in [-0.05, 0) is 47.4 Å². The molecular formula is C26H36N8. The summed E-state index contributed by atoms with van der Waals surface area (Å²) in [7, 11) is 0. The van der Waals surface area contributed by atoms with Crippen molar-refractivity contribution in [2.24, 2.45) is 5.92 Å². The average Bonchev–Trinajstić information content (AvgIpc) is 3.52. The highest BCUT2D eigenvalue weighted by Gasteiger charge is 2.23. The van der Waals surface area contributed by atoms with Crippen molar-refractivity contribution >= 4 is 0 Å². The van der Waals surface area contributed by atoms with E-state index in [2.05, 4.69) is 108 Å². The van der Waals surface area contributed by atoms with Crippen molar-refractivity contribution in [3.63, 3.8) is 0 Å². The number of nitrogens with zero attached hydrogens (tertiary/aromatic N) is 7. The smallest absolute Gasteiger partial charge is 0.221 e. The minimum atomic E-state index is -0.0393. The number of tetrazole rings is 1. The first kappa shape index (κ1) is 23.9. The van der Waals surface area contributed by atoms with Gasteiger partial charge in [-0.25, -0.2) is 9.67 Å². The molecule has 3 heterocycles. The van der Waals surface area contributed by atoms with Crippen LogP contribution in [-0.2, 0) is 24.8 Å². The first-order valence-electron chi connectivity index (χ1n) is 12.2. The molecule has 8 heteroatoms. The van der Waals surface area contributed by atoms with E-state index in [1.807, 2.05) is 0 Å². The molecule has 0 aliphatic rings. The lowest BCUT2D eigenvalue weighted by Crippen LogP contribution is -2.17. The molecule has 8 nitrogen and oxygen atoms in total. The normalized spacial score (nSPS) is 12.1. The van der Waals surface area contributed by atoms with Gasteiger partial charge in [0.2, 0.25) is 5.82 Å². The van der Waals surface area contributed by atoms with Crippen LogP contribution in [0, 0.1) is 5.92 Å². The molecule has 0 fully saturated rings. The summed E-state index contributed by atoms with van der Waals surface area (Å²) in [4.78, 5) is 4.85. The third-order valence-corrected chi connectivity index (χ3v) is 5.89. The molecule has 0 amide bonds. The molecule has 34 heavy (non-hydrogen) atoms. The van der Waals surface area contributed by atoms with Crippen molar-refractivity contribution in [1.82, 2.24) is 40.0 Å². The molecular weight excluding hydrogens is 424 g/mol. The maximum absolute atomic E-state index is 4.85. The highest BCUT2D eigenvalue weighted by atomic mass is 15.5. The van der Waals surface area contributed by atoms with Crippen LogP contribution in [-0.4, -0.2) is 40.0 Å². The Morgan fingerprint density at radius 2 is 1.79 bits per heavy atom. The molecule has 0 saturated heterocycles. The van der Waals surface area contributed by atoms with Crippen molar-refractivity contribution < 1.29 is 0 Å². The second kappa shape index (κ2) is 9.91. The van der Waals surface area contributed by atoms with E-state index in [0.717, 1.165) is 55.3 Å². The van der Waals surface area contributed by atoms with Crippen LogP contribution in [0.2, 0.25) is 0 Å². The number of hydrogen-bond donors (Lipinski definition) is 1. The monoisotopic (exact) mass is 460 g/mol. The van der Waals surface area contributed by atoms with Crippen LogP contribution >= 0.6 is 0 Å². The number of aromatic amines is 1. The number of unbranched alkanes of at least 4 members (excludes halogenated alkanes) is 1. The molecule has 0 aliphatic heterocycles. The fraction of sp³-hybridized carbons (Fsp3) is 0.500. The van der Waals surface area contributed by atoms with E-state index in [1.54, 1.807) is 0 Å². The average molecular weight is 461 g/mol. The summed E-state index contributed by atoms with van der Waals surface area (Å²) in [5, 5.41) is 19.6. The van der Waals surface area contributed by atoms with Gasteiger partial charge >= 0.3 is 0 Å². The van der Waals surface area contributed by atoms with E-state index in [9.17, 15) is 0 Å². The molecule has 1 N–H and O–H groups in total. The minimum absolute atomic E-state index is 0.0393. The van der Waals surface area contributed by atoms with Crippen LogP contribution in [0.4, 0.5) is 0 Å². The Labute approximate surface area is 201 Å². The molecule has 4 aromatic rings. The predicted octanol–water partition coefficient (Wildman–Crippen LogP) is 5.14. The van der Waals surface area contributed by atoms with Crippen LogP contribution in [0.1, 0.15) is 77.3 Å². The van der Waals surface area contributed by atoms with E-state index in [0.29, 0.717) is 11.7 Å². The summed E-state index contributed by atoms with van der Waals surface area (Å²) in [6.07, 6.45) is 4.15. The Bertz CT molecular complexity index is 1190. The maximum Gasteiger partial charge on any atom is 0.221 e. The van der Waals surface area contributed by atoms with Gasteiger partial charge in [0.15, 0.2) is 5.82 Å². The lowest BCUT2D eigenvalue weighted by Gasteiger charge is -2.23. The topological polar surface area (TPSA) is 90.1 Å².